The summed E-state index contributed by atoms with van der Waals surface area (Å²) in [5, 5.41) is 6.42. The molecule has 1 aromatic rings. The Kier molecular flexibility index (Phi) is 3.73. The van der Waals surface area contributed by atoms with Crippen LogP contribution < -0.4 is 10.6 Å². The standard InChI is InChI=1S/C12H22N4/c1-8(2)11-14-9(13-6)7-10(15-11)16-12(3,4)5/h7-8H,1-6H3,(H2,13,14,15,16). The molecular weight excluding hydrogens is 200 g/mol. The molecule has 0 unspecified atom stereocenters. The van der Waals surface area contributed by atoms with E-state index < -0.39 is 0 Å². The first kappa shape index (κ1) is 12.7. The van der Waals surface area contributed by atoms with Crippen molar-refractivity contribution in [2.75, 3.05) is 17.7 Å². The topological polar surface area (TPSA) is 49.8 Å². The monoisotopic (exact) mass is 222 g/mol. The highest BCUT2D eigenvalue weighted by molar-refractivity contribution is 5.48. The van der Waals surface area contributed by atoms with Gasteiger partial charge in [0.2, 0.25) is 0 Å². The molecule has 0 atom stereocenters. The summed E-state index contributed by atoms with van der Waals surface area (Å²) in [6, 6.07) is 1.93. The molecule has 0 aliphatic heterocycles. The van der Waals surface area contributed by atoms with Gasteiger partial charge in [0.15, 0.2) is 0 Å². The van der Waals surface area contributed by atoms with Gasteiger partial charge in [-0.05, 0) is 20.8 Å². The van der Waals surface area contributed by atoms with Crippen LogP contribution in [0.2, 0.25) is 0 Å². The molecule has 2 N–H and O–H groups in total. The fourth-order valence-electron chi connectivity index (χ4n) is 1.30. The van der Waals surface area contributed by atoms with E-state index in [1.807, 2.05) is 13.1 Å². The van der Waals surface area contributed by atoms with Crippen molar-refractivity contribution in [3.63, 3.8) is 0 Å². The number of nitrogens with zero attached hydrogens (tertiary/aromatic N) is 2. The first-order valence-corrected chi connectivity index (χ1v) is 5.67. The highest BCUT2D eigenvalue weighted by atomic mass is 15.1. The lowest BCUT2D eigenvalue weighted by molar-refractivity contribution is 0.627. The molecule has 0 fully saturated rings. The fourth-order valence-corrected chi connectivity index (χ4v) is 1.30. The molecule has 0 radical (unpaired) electrons. The van der Waals surface area contributed by atoms with Gasteiger partial charge in [0, 0.05) is 24.6 Å². The third-order valence-corrected chi connectivity index (χ3v) is 2.02. The van der Waals surface area contributed by atoms with E-state index in [9.17, 15) is 0 Å². The van der Waals surface area contributed by atoms with Crippen LogP contribution in [-0.4, -0.2) is 22.6 Å². The van der Waals surface area contributed by atoms with Gasteiger partial charge in [-0.1, -0.05) is 13.8 Å². The molecule has 1 aromatic heterocycles. The molecule has 4 nitrogen and oxygen atoms in total. The summed E-state index contributed by atoms with van der Waals surface area (Å²) >= 11 is 0. The minimum atomic E-state index is 0.00755. The van der Waals surface area contributed by atoms with Gasteiger partial charge in [0.1, 0.15) is 17.5 Å². The van der Waals surface area contributed by atoms with E-state index in [4.69, 9.17) is 0 Å². The van der Waals surface area contributed by atoms with Crippen LogP contribution in [0.3, 0.4) is 0 Å². The van der Waals surface area contributed by atoms with Crippen LogP contribution >= 0.6 is 0 Å². The van der Waals surface area contributed by atoms with Crippen LogP contribution in [-0.2, 0) is 0 Å². The van der Waals surface area contributed by atoms with E-state index in [0.29, 0.717) is 5.92 Å². The summed E-state index contributed by atoms with van der Waals surface area (Å²) in [4.78, 5) is 8.92. The summed E-state index contributed by atoms with van der Waals surface area (Å²) < 4.78 is 0. The lowest BCUT2D eigenvalue weighted by Crippen LogP contribution is -2.27. The molecule has 0 bridgehead atoms. The summed E-state index contributed by atoms with van der Waals surface area (Å²) in [5.41, 5.74) is 0.00755. The van der Waals surface area contributed by atoms with Crippen LogP contribution in [0.4, 0.5) is 11.6 Å². The summed E-state index contributed by atoms with van der Waals surface area (Å²) in [7, 11) is 1.87. The normalized spacial score (nSPS) is 11.7. The number of rotatable bonds is 3. The van der Waals surface area contributed by atoms with Gasteiger partial charge < -0.3 is 10.6 Å². The zero-order chi connectivity index (χ0) is 12.3. The van der Waals surface area contributed by atoms with Crippen molar-refractivity contribution in [3.8, 4) is 0 Å². The zero-order valence-electron chi connectivity index (χ0n) is 11.0. The van der Waals surface area contributed by atoms with Gasteiger partial charge in [-0.25, -0.2) is 9.97 Å². The molecule has 0 aliphatic rings. The second-order valence-electron chi connectivity index (χ2n) is 5.28. The van der Waals surface area contributed by atoms with Crippen molar-refractivity contribution in [2.45, 2.75) is 46.1 Å². The van der Waals surface area contributed by atoms with Crippen LogP contribution in [0.15, 0.2) is 6.07 Å². The predicted octanol–water partition coefficient (Wildman–Crippen LogP) is 2.85. The van der Waals surface area contributed by atoms with Crippen molar-refractivity contribution < 1.29 is 0 Å². The zero-order valence-corrected chi connectivity index (χ0v) is 11.0. The van der Waals surface area contributed by atoms with Gasteiger partial charge in [-0.3, -0.25) is 0 Å². The molecular formula is C12H22N4. The van der Waals surface area contributed by atoms with E-state index in [1.165, 1.54) is 0 Å². The lowest BCUT2D eigenvalue weighted by atomic mass is 10.1. The van der Waals surface area contributed by atoms with Gasteiger partial charge in [-0.15, -0.1) is 0 Å². The van der Waals surface area contributed by atoms with Crippen molar-refractivity contribution in [1.29, 1.82) is 0 Å². The highest BCUT2D eigenvalue weighted by Crippen LogP contribution is 2.19. The van der Waals surface area contributed by atoms with Gasteiger partial charge in [-0.2, -0.15) is 0 Å². The Morgan fingerprint density at radius 3 is 2.12 bits per heavy atom. The predicted molar refractivity (Wildman–Crippen MR) is 69.0 cm³/mol. The summed E-state index contributed by atoms with van der Waals surface area (Å²) in [5.74, 6) is 2.91. The number of anilines is 2. The molecule has 16 heavy (non-hydrogen) atoms. The minimum absolute atomic E-state index is 0.00755. The Hall–Kier alpha value is -1.32. The second-order valence-corrected chi connectivity index (χ2v) is 5.28. The number of aromatic nitrogens is 2. The Balaban J connectivity index is 3.04. The maximum absolute atomic E-state index is 4.50. The molecule has 0 aliphatic carbocycles. The Morgan fingerprint density at radius 2 is 1.69 bits per heavy atom. The van der Waals surface area contributed by atoms with Crippen LogP contribution in [0.1, 0.15) is 46.4 Å². The Labute approximate surface area is 97.9 Å². The van der Waals surface area contributed by atoms with E-state index in [2.05, 4.69) is 55.2 Å². The summed E-state index contributed by atoms with van der Waals surface area (Å²) in [6.07, 6.45) is 0. The van der Waals surface area contributed by atoms with E-state index >= 15 is 0 Å². The van der Waals surface area contributed by atoms with Gasteiger partial charge >= 0.3 is 0 Å². The number of hydrogen-bond acceptors (Lipinski definition) is 4. The van der Waals surface area contributed by atoms with Crippen LogP contribution in [0.5, 0.6) is 0 Å². The summed E-state index contributed by atoms with van der Waals surface area (Å²) in [6.45, 7) is 10.5. The average molecular weight is 222 g/mol. The molecule has 1 rings (SSSR count). The quantitative estimate of drug-likeness (QED) is 0.825. The first-order chi connectivity index (χ1) is 7.31. The molecule has 0 aromatic carbocycles. The molecule has 0 spiro atoms. The highest BCUT2D eigenvalue weighted by Gasteiger charge is 2.13. The van der Waals surface area contributed by atoms with Crippen molar-refractivity contribution in [3.05, 3.63) is 11.9 Å². The van der Waals surface area contributed by atoms with Gasteiger partial charge in [0.05, 0.1) is 0 Å². The first-order valence-electron chi connectivity index (χ1n) is 5.67. The molecule has 0 saturated carbocycles. The molecule has 4 heteroatoms. The van der Waals surface area contributed by atoms with Crippen molar-refractivity contribution in [2.24, 2.45) is 0 Å². The molecule has 1 heterocycles. The lowest BCUT2D eigenvalue weighted by Gasteiger charge is -2.22. The Bertz CT molecular complexity index is 353. The maximum Gasteiger partial charge on any atom is 0.135 e. The number of nitrogens with one attached hydrogen (secondary N) is 2. The Morgan fingerprint density at radius 1 is 1.12 bits per heavy atom. The largest absolute Gasteiger partial charge is 0.373 e. The van der Waals surface area contributed by atoms with E-state index in [-0.39, 0.29) is 5.54 Å². The average Bonchev–Trinajstić information content (AvgIpc) is 2.14. The van der Waals surface area contributed by atoms with Crippen LogP contribution in [0.25, 0.3) is 0 Å². The minimum Gasteiger partial charge on any atom is -0.373 e. The smallest absolute Gasteiger partial charge is 0.135 e. The second kappa shape index (κ2) is 4.68. The third-order valence-electron chi connectivity index (χ3n) is 2.02. The molecule has 0 amide bonds. The van der Waals surface area contributed by atoms with Crippen molar-refractivity contribution >= 4 is 11.6 Å². The third kappa shape index (κ3) is 3.68. The molecule has 0 saturated heterocycles. The van der Waals surface area contributed by atoms with Crippen molar-refractivity contribution in [1.82, 2.24) is 9.97 Å². The number of hydrogen-bond donors (Lipinski definition) is 2. The maximum atomic E-state index is 4.50. The van der Waals surface area contributed by atoms with Gasteiger partial charge in [0.25, 0.3) is 0 Å². The SMILES string of the molecule is CNc1cc(NC(C)(C)C)nc(C(C)C)n1. The van der Waals surface area contributed by atoms with E-state index in [1.54, 1.807) is 0 Å². The van der Waals surface area contributed by atoms with Crippen LogP contribution in [0, 0.1) is 0 Å². The van der Waals surface area contributed by atoms with E-state index in [0.717, 1.165) is 17.5 Å². The molecule has 90 valence electrons. The fraction of sp³-hybridized carbons (Fsp3) is 0.667.